The third-order valence-electron chi connectivity index (χ3n) is 3.85. The molecule has 0 aliphatic carbocycles. The van der Waals surface area contributed by atoms with Crippen molar-refractivity contribution in [3.05, 3.63) is 54.4 Å². The molecule has 2 rings (SSSR count). The molecule has 0 bridgehead atoms. The van der Waals surface area contributed by atoms with E-state index in [4.69, 9.17) is 21.7 Å². The molecule has 6 heteroatoms. The molecule has 1 aromatic carbocycles. The lowest BCUT2D eigenvalue weighted by Gasteiger charge is -2.31. The summed E-state index contributed by atoms with van der Waals surface area (Å²) >= 11 is 5.64. The first kappa shape index (κ1) is 19.1. The number of pyridine rings is 1. The first-order valence-corrected chi connectivity index (χ1v) is 8.76. The van der Waals surface area contributed by atoms with E-state index >= 15 is 0 Å². The van der Waals surface area contributed by atoms with E-state index in [0.29, 0.717) is 24.9 Å². The summed E-state index contributed by atoms with van der Waals surface area (Å²) in [6.45, 7) is 6.01. The van der Waals surface area contributed by atoms with Gasteiger partial charge in [0.25, 0.3) is 0 Å². The van der Waals surface area contributed by atoms with Gasteiger partial charge < -0.3 is 19.7 Å². The largest absolute Gasteiger partial charge is 0.494 e. The van der Waals surface area contributed by atoms with Gasteiger partial charge in [-0.15, -0.1) is 0 Å². The highest BCUT2D eigenvalue weighted by Crippen LogP contribution is 2.21. The normalized spacial score (nSPS) is 11.6. The molecule has 0 aliphatic heterocycles. The number of rotatable bonds is 8. The van der Waals surface area contributed by atoms with Gasteiger partial charge in [0.2, 0.25) is 0 Å². The van der Waals surface area contributed by atoms with Crippen molar-refractivity contribution < 1.29 is 9.47 Å². The molecule has 5 nitrogen and oxygen atoms in total. The van der Waals surface area contributed by atoms with E-state index in [-0.39, 0.29) is 6.04 Å². The Morgan fingerprint density at radius 3 is 2.64 bits per heavy atom. The van der Waals surface area contributed by atoms with Gasteiger partial charge in [0, 0.05) is 31.7 Å². The van der Waals surface area contributed by atoms with Crippen LogP contribution in [0.15, 0.2) is 48.8 Å². The predicted octanol–water partition coefficient (Wildman–Crippen LogP) is 3.89. The highest BCUT2D eigenvalue weighted by atomic mass is 32.1. The van der Waals surface area contributed by atoms with Crippen LogP contribution < -0.4 is 10.1 Å². The maximum Gasteiger partial charge on any atom is 0.174 e. The molecule has 1 atom stereocenters. The maximum atomic E-state index is 5.64. The maximum absolute atomic E-state index is 5.64. The highest BCUT2D eigenvalue weighted by Gasteiger charge is 2.19. The van der Waals surface area contributed by atoms with Gasteiger partial charge in [-0.25, -0.2) is 0 Å². The van der Waals surface area contributed by atoms with Crippen molar-refractivity contribution in [1.29, 1.82) is 0 Å². The Bertz CT molecular complexity index is 649. The molecule has 0 unspecified atom stereocenters. The molecule has 0 saturated heterocycles. The van der Waals surface area contributed by atoms with Crippen LogP contribution in [0.25, 0.3) is 0 Å². The number of methoxy groups -OCH3 is 1. The van der Waals surface area contributed by atoms with E-state index in [2.05, 4.69) is 28.2 Å². The van der Waals surface area contributed by atoms with Gasteiger partial charge in [0.1, 0.15) is 5.75 Å². The molecule has 1 heterocycles. The summed E-state index contributed by atoms with van der Waals surface area (Å²) < 4.78 is 10.7. The summed E-state index contributed by atoms with van der Waals surface area (Å²) in [6.07, 6.45) is 3.64. The minimum absolute atomic E-state index is 0.0894. The number of hydrogen-bond donors (Lipinski definition) is 1. The smallest absolute Gasteiger partial charge is 0.174 e. The van der Waals surface area contributed by atoms with E-state index in [1.54, 1.807) is 13.3 Å². The van der Waals surface area contributed by atoms with Gasteiger partial charge in [-0.05, 0) is 62.0 Å². The molecule has 25 heavy (non-hydrogen) atoms. The summed E-state index contributed by atoms with van der Waals surface area (Å²) in [4.78, 5) is 6.31. The molecule has 0 fully saturated rings. The van der Waals surface area contributed by atoms with Crippen LogP contribution >= 0.6 is 12.2 Å². The minimum atomic E-state index is 0.0894. The molecule has 0 radical (unpaired) electrons. The highest BCUT2D eigenvalue weighted by molar-refractivity contribution is 7.80. The summed E-state index contributed by atoms with van der Waals surface area (Å²) in [5.41, 5.74) is 2.03. The van der Waals surface area contributed by atoms with Gasteiger partial charge >= 0.3 is 0 Å². The van der Waals surface area contributed by atoms with Crippen molar-refractivity contribution in [2.45, 2.75) is 19.9 Å². The molecular formula is C19H25N3O2S. The average molecular weight is 359 g/mol. The SMILES string of the molecule is CCOc1ccc(NC(=S)N(CCOC)[C@H](C)c2cccnc2)cc1. The molecule has 0 spiro atoms. The third-order valence-corrected chi connectivity index (χ3v) is 4.18. The lowest BCUT2D eigenvalue weighted by molar-refractivity contribution is 0.165. The van der Waals surface area contributed by atoms with Crippen LogP contribution in [0.1, 0.15) is 25.5 Å². The van der Waals surface area contributed by atoms with E-state index < -0.39 is 0 Å². The Labute approximate surface area is 155 Å². The second kappa shape index (κ2) is 9.96. The number of benzene rings is 1. The fraction of sp³-hybridized carbons (Fsp3) is 0.368. The molecule has 2 aromatic rings. The van der Waals surface area contributed by atoms with Crippen molar-refractivity contribution in [3.63, 3.8) is 0 Å². The Morgan fingerprint density at radius 2 is 2.04 bits per heavy atom. The van der Waals surface area contributed by atoms with Crippen molar-refractivity contribution in [3.8, 4) is 5.75 Å². The van der Waals surface area contributed by atoms with Crippen LogP contribution in [0.5, 0.6) is 5.75 Å². The number of nitrogens with zero attached hydrogens (tertiary/aromatic N) is 2. The van der Waals surface area contributed by atoms with Crippen LogP contribution in [0.2, 0.25) is 0 Å². The second-order valence-corrected chi connectivity index (χ2v) is 5.92. The summed E-state index contributed by atoms with van der Waals surface area (Å²) in [7, 11) is 1.69. The molecule has 1 aromatic heterocycles. The quantitative estimate of drug-likeness (QED) is 0.722. The standard InChI is InChI=1S/C19H25N3O2S/c1-4-24-18-9-7-17(8-10-18)21-19(25)22(12-13-23-3)15(2)16-6-5-11-20-14-16/h5-11,14-15H,4,12-13H2,1-3H3,(H,21,25)/t15-/m1/s1. The van der Waals surface area contributed by atoms with Crippen LogP contribution in [0.3, 0.4) is 0 Å². The number of nitrogens with one attached hydrogen (secondary N) is 1. The Hall–Kier alpha value is -2.18. The van der Waals surface area contributed by atoms with Crippen molar-refractivity contribution in [1.82, 2.24) is 9.88 Å². The molecule has 134 valence electrons. The second-order valence-electron chi connectivity index (χ2n) is 5.54. The molecular weight excluding hydrogens is 334 g/mol. The molecule has 0 amide bonds. The molecule has 0 aliphatic rings. The zero-order valence-electron chi connectivity index (χ0n) is 14.9. The number of hydrogen-bond acceptors (Lipinski definition) is 4. The zero-order chi connectivity index (χ0) is 18.1. The molecule has 1 N–H and O–H groups in total. The average Bonchev–Trinajstić information content (AvgIpc) is 2.64. The topological polar surface area (TPSA) is 46.6 Å². The number of ether oxygens (including phenoxy) is 2. The van der Waals surface area contributed by atoms with Crippen LogP contribution in [-0.2, 0) is 4.74 Å². The van der Waals surface area contributed by atoms with E-state index in [1.165, 1.54) is 0 Å². The third kappa shape index (κ3) is 5.69. The summed E-state index contributed by atoms with van der Waals surface area (Å²) in [5.74, 6) is 0.846. The van der Waals surface area contributed by atoms with Gasteiger partial charge in [-0.1, -0.05) is 6.07 Å². The van der Waals surface area contributed by atoms with Crippen molar-refractivity contribution >= 4 is 23.0 Å². The monoisotopic (exact) mass is 359 g/mol. The number of anilines is 1. The van der Waals surface area contributed by atoms with Crippen LogP contribution in [0, 0.1) is 0 Å². The van der Waals surface area contributed by atoms with Gasteiger partial charge in [0.05, 0.1) is 19.3 Å². The van der Waals surface area contributed by atoms with Crippen LogP contribution in [-0.4, -0.2) is 41.9 Å². The Kier molecular flexibility index (Phi) is 7.63. The van der Waals surface area contributed by atoms with E-state index in [0.717, 1.165) is 17.0 Å². The van der Waals surface area contributed by atoms with Gasteiger partial charge in [-0.3, -0.25) is 4.98 Å². The summed E-state index contributed by atoms with van der Waals surface area (Å²) in [6, 6.07) is 11.9. The fourth-order valence-electron chi connectivity index (χ4n) is 2.46. The molecule has 0 saturated carbocycles. The first-order valence-electron chi connectivity index (χ1n) is 8.35. The predicted molar refractivity (Wildman–Crippen MR) is 105 cm³/mol. The van der Waals surface area contributed by atoms with Crippen molar-refractivity contribution in [2.75, 3.05) is 32.2 Å². The first-order chi connectivity index (χ1) is 12.2. The minimum Gasteiger partial charge on any atom is -0.494 e. The van der Waals surface area contributed by atoms with E-state index in [1.807, 2.05) is 43.5 Å². The number of aromatic nitrogens is 1. The summed E-state index contributed by atoms with van der Waals surface area (Å²) in [5, 5.41) is 3.95. The number of thiocarbonyl (C=S) groups is 1. The Balaban J connectivity index is 2.09. The van der Waals surface area contributed by atoms with Crippen molar-refractivity contribution in [2.24, 2.45) is 0 Å². The van der Waals surface area contributed by atoms with Gasteiger partial charge in [-0.2, -0.15) is 0 Å². The zero-order valence-corrected chi connectivity index (χ0v) is 15.8. The fourth-order valence-corrected chi connectivity index (χ4v) is 2.83. The lowest BCUT2D eigenvalue weighted by atomic mass is 10.1. The Morgan fingerprint density at radius 1 is 1.28 bits per heavy atom. The van der Waals surface area contributed by atoms with E-state index in [9.17, 15) is 0 Å². The van der Waals surface area contributed by atoms with Crippen LogP contribution in [0.4, 0.5) is 5.69 Å². The van der Waals surface area contributed by atoms with Gasteiger partial charge in [0.15, 0.2) is 5.11 Å². The lowest BCUT2D eigenvalue weighted by Crippen LogP contribution is -2.39.